The largest absolute Gasteiger partial charge is 0.469 e. The van der Waals surface area contributed by atoms with Gasteiger partial charge in [0.05, 0.1) is 13.2 Å². The van der Waals surface area contributed by atoms with Crippen molar-refractivity contribution in [1.82, 2.24) is 0 Å². The Kier molecular flexibility index (Phi) is 34.1. The zero-order valence-corrected chi connectivity index (χ0v) is 30.4. The van der Waals surface area contributed by atoms with Crippen molar-refractivity contribution in [3.8, 4) is 0 Å². The molecule has 0 fully saturated rings. The van der Waals surface area contributed by atoms with Crippen molar-refractivity contribution in [2.45, 2.75) is 200 Å². The smallest absolute Gasteiger partial charge is 0.457 e. The molecule has 0 amide bonds. The van der Waals surface area contributed by atoms with Crippen LogP contribution in [0.2, 0.25) is 0 Å². The van der Waals surface area contributed by atoms with Gasteiger partial charge in [-0.05, 0) is 38.5 Å². The third-order valence-corrected chi connectivity index (χ3v) is 8.80. The molecule has 45 heavy (non-hydrogen) atoms. The number of unbranched alkanes of at least 4 members (excludes halogenated alkanes) is 24. The van der Waals surface area contributed by atoms with Crippen molar-refractivity contribution in [2.24, 2.45) is 0 Å². The van der Waals surface area contributed by atoms with Crippen LogP contribution in [0.5, 0.6) is 0 Å². The van der Waals surface area contributed by atoms with E-state index in [4.69, 9.17) is 19.3 Å². The van der Waals surface area contributed by atoms with Crippen LogP contribution in [0.25, 0.3) is 0 Å². The highest BCUT2D eigenvalue weighted by Crippen LogP contribution is 2.36. The van der Waals surface area contributed by atoms with E-state index in [1.54, 1.807) is 0 Å². The molecule has 268 valence electrons. The third kappa shape index (κ3) is 37.6. The van der Waals surface area contributed by atoms with E-state index in [0.29, 0.717) is 13.0 Å². The van der Waals surface area contributed by atoms with Crippen molar-refractivity contribution < 1.29 is 33.1 Å². The van der Waals surface area contributed by atoms with Gasteiger partial charge in [0, 0.05) is 13.0 Å². The van der Waals surface area contributed by atoms with E-state index < -0.39 is 13.9 Å². The second-order valence-electron chi connectivity index (χ2n) is 12.9. The monoisotopic (exact) mass is 661 g/mol. The first-order chi connectivity index (χ1) is 21.9. The summed E-state index contributed by atoms with van der Waals surface area (Å²) in [6.45, 7) is 4.75. The van der Waals surface area contributed by atoms with E-state index in [1.807, 2.05) is 0 Å². The summed E-state index contributed by atoms with van der Waals surface area (Å²) in [7, 11) is -4.64. The fourth-order valence-electron chi connectivity index (χ4n) is 5.49. The molecule has 0 radical (unpaired) electrons. The summed E-state index contributed by atoms with van der Waals surface area (Å²) >= 11 is 0. The highest BCUT2D eigenvalue weighted by Gasteiger charge is 2.21. The Bertz CT molecular complexity index is 694. The molecule has 0 bridgehead atoms. The number of ether oxygens (including phenoxy) is 2. The minimum absolute atomic E-state index is 0.0788. The molecule has 7 nitrogen and oxygen atoms in total. The molecule has 0 aromatic heterocycles. The Balaban J connectivity index is 3.81. The molecular formula is C37H73O7P. The molecule has 0 saturated heterocycles. The normalized spacial score (nSPS) is 12.7. The highest BCUT2D eigenvalue weighted by molar-refractivity contribution is 7.46. The summed E-state index contributed by atoms with van der Waals surface area (Å²) in [5.74, 6) is -0.363. The van der Waals surface area contributed by atoms with Crippen molar-refractivity contribution >= 4 is 13.8 Å². The van der Waals surface area contributed by atoms with Crippen molar-refractivity contribution in [3.63, 3.8) is 0 Å². The highest BCUT2D eigenvalue weighted by atomic mass is 31.2. The van der Waals surface area contributed by atoms with E-state index in [1.165, 1.54) is 141 Å². The van der Waals surface area contributed by atoms with Gasteiger partial charge in [-0.1, -0.05) is 161 Å². The second kappa shape index (κ2) is 34.6. The molecule has 0 aromatic carbocycles. The molecule has 0 aliphatic rings. The molecule has 0 aliphatic heterocycles. The minimum Gasteiger partial charge on any atom is -0.457 e. The fraction of sp³-hybridized carbons (Fsp3) is 0.919. The maximum Gasteiger partial charge on any atom is 0.469 e. The first kappa shape index (κ1) is 44.3. The van der Waals surface area contributed by atoms with Gasteiger partial charge in [0.2, 0.25) is 0 Å². The van der Waals surface area contributed by atoms with Gasteiger partial charge in [0.15, 0.2) is 0 Å². The van der Waals surface area contributed by atoms with Gasteiger partial charge >= 0.3 is 13.8 Å². The van der Waals surface area contributed by atoms with Crippen molar-refractivity contribution in [3.05, 3.63) is 12.2 Å². The van der Waals surface area contributed by atoms with Gasteiger partial charge in [-0.2, -0.15) is 0 Å². The zero-order valence-electron chi connectivity index (χ0n) is 29.5. The van der Waals surface area contributed by atoms with Gasteiger partial charge in [0.25, 0.3) is 0 Å². The maximum atomic E-state index is 12.3. The summed E-state index contributed by atoms with van der Waals surface area (Å²) in [6.07, 6.45) is 37.7. The lowest BCUT2D eigenvalue weighted by Crippen LogP contribution is -2.28. The van der Waals surface area contributed by atoms with Gasteiger partial charge in [-0.3, -0.25) is 9.32 Å². The number of carbonyl (C=O) groups excluding carboxylic acids is 1. The predicted octanol–water partition coefficient (Wildman–Crippen LogP) is 11.5. The van der Waals surface area contributed by atoms with Gasteiger partial charge in [0.1, 0.15) is 6.10 Å². The summed E-state index contributed by atoms with van der Waals surface area (Å²) in [5, 5.41) is 0. The fourth-order valence-corrected chi connectivity index (χ4v) is 5.86. The molecule has 1 unspecified atom stereocenters. The Hall–Kier alpha value is -0.720. The number of hydrogen-bond acceptors (Lipinski definition) is 5. The summed E-state index contributed by atoms with van der Waals surface area (Å²) in [6, 6.07) is 0. The molecule has 0 aromatic rings. The van der Waals surface area contributed by atoms with Crippen LogP contribution >= 0.6 is 7.82 Å². The second-order valence-corrected chi connectivity index (χ2v) is 14.1. The molecule has 0 saturated carbocycles. The van der Waals surface area contributed by atoms with E-state index in [-0.39, 0.29) is 19.2 Å². The number of hydrogen-bond donors (Lipinski definition) is 2. The van der Waals surface area contributed by atoms with Crippen LogP contribution in [0.15, 0.2) is 12.2 Å². The molecule has 0 aliphatic carbocycles. The average Bonchev–Trinajstić information content (AvgIpc) is 3.01. The van der Waals surface area contributed by atoms with Gasteiger partial charge < -0.3 is 19.3 Å². The predicted molar refractivity (Wildman–Crippen MR) is 188 cm³/mol. The summed E-state index contributed by atoms with van der Waals surface area (Å²) in [5.41, 5.74) is 0. The SMILES string of the molecule is CCCCCCCC/C=C\CCCCCCCCOCC(COP(=O)(O)O)OC(=O)CCCCCCCCCCCCCCC. The summed E-state index contributed by atoms with van der Waals surface area (Å²) in [4.78, 5) is 30.5. The van der Waals surface area contributed by atoms with Crippen LogP contribution in [-0.4, -0.2) is 41.7 Å². The number of phosphoric ester groups is 1. The average molecular weight is 661 g/mol. The summed E-state index contributed by atoms with van der Waals surface area (Å²) < 4.78 is 26.9. The quantitative estimate of drug-likeness (QED) is 0.0298. The lowest BCUT2D eigenvalue weighted by Gasteiger charge is -2.18. The van der Waals surface area contributed by atoms with Crippen LogP contribution in [-0.2, 0) is 23.4 Å². The standard InChI is InChI=1S/C37H73O7P/c1-3-5-7-9-11-13-15-17-18-19-21-23-25-27-29-31-33-42-34-36(35-43-45(39,40)41)44-37(38)32-30-28-26-24-22-20-16-14-12-10-8-6-4-2/h17-18,36H,3-16,19-35H2,1-2H3,(H2,39,40,41)/b18-17-. The number of phosphoric acid groups is 1. The van der Waals surface area contributed by atoms with E-state index >= 15 is 0 Å². The lowest BCUT2D eigenvalue weighted by molar-refractivity contribution is -0.154. The molecule has 2 N–H and O–H groups in total. The first-order valence-corrected chi connectivity index (χ1v) is 20.5. The van der Waals surface area contributed by atoms with E-state index in [2.05, 4.69) is 30.5 Å². The van der Waals surface area contributed by atoms with Crippen LogP contribution in [0.1, 0.15) is 194 Å². The number of esters is 1. The van der Waals surface area contributed by atoms with Crippen LogP contribution in [0.4, 0.5) is 0 Å². The van der Waals surface area contributed by atoms with Crippen LogP contribution in [0, 0.1) is 0 Å². The minimum atomic E-state index is -4.64. The zero-order chi connectivity index (χ0) is 33.1. The van der Waals surface area contributed by atoms with Crippen molar-refractivity contribution in [1.29, 1.82) is 0 Å². The topological polar surface area (TPSA) is 102 Å². The number of rotatable bonds is 36. The Morgan fingerprint density at radius 1 is 0.578 bits per heavy atom. The Morgan fingerprint density at radius 3 is 1.42 bits per heavy atom. The third-order valence-electron chi connectivity index (χ3n) is 8.32. The first-order valence-electron chi connectivity index (χ1n) is 19.0. The molecule has 1 atom stereocenters. The maximum absolute atomic E-state index is 12.3. The van der Waals surface area contributed by atoms with Gasteiger partial charge in [-0.15, -0.1) is 0 Å². The van der Waals surface area contributed by atoms with Crippen LogP contribution < -0.4 is 0 Å². The van der Waals surface area contributed by atoms with Crippen LogP contribution in [0.3, 0.4) is 0 Å². The molecule has 8 heteroatoms. The number of carbonyl (C=O) groups is 1. The number of allylic oxidation sites excluding steroid dienone is 2. The van der Waals surface area contributed by atoms with Gasteiger partial charge in [-0.25, -0.2) is 4.57 Å². The van der Waals surface area contributed by atoms with Crippen molar-refractivity contribution in [2.75, 3.05) is 19.8 Å². The molecule has 0 heterocycles. The lowest BCUT2D eigenvalue weighted by atomic mass is 10.0. The Labute approximate surface area is 278 Å². The van der Waals surface area contributed by atoms with E-state index in [0.717, 1.165) is 32.1 Å². The molecular weight excluding hydrogens is 587 g/mol. The molecule has 0 rings (SSSR count). The Morgan fingerprint density at radius 2 is 0.978 bits per heavy atom. The van der Waals surface area contributed by atoms with E-state index in [9.17, 15) is 9.36 Å². The molecule has 0 spiro atoms.